The molecule has 0 saturated carbocycles. The van der Waals surface area contributed by atoms with Crippen LogP contribution in [0.15, 0.2) is 42.5 Å². The van der Waals surface area contributed by atoms with Gasteiger partial charge in [0.25, 0.3) is 5.91 Å². The molecule has 0 radical (unpaired) electrons. The number of carbonyl (C=O) groups is 4. The maximum absolute atomic E-state index is 13.2. The maximum Gasteiger partial charge on any atom is 0.326 e. The van der Waals surface area contributed by atoms with E-state index in [4.69, 9.17) is 0 Å². The molecular weight excluding hydrogens is 408 g/mol. The number of hydrogen-bond acceptors (Lipinski definition) is 4. The van der Waals surface area contributed by atoms with Gasteiger partial charge in [-0.05, 0) is 23.5 Å². The molecule has 0 aromatic heterocycles. The second-order valence-electron chi connectivity index (χ2n) is 8.51. The van der Waals surface area contributed by atoms with Crippen molar-refractivity contribution < 1.29 is 24.3 Å². The summed E-state index contributed by atoms with van der Waals surface area (Å²) >= 11 is 0. The van der Waals surface area contributed by atoms with Gasteiger partial charge in [0.05, 0.1) is 0 Å². The second-order valence-corrected chi connectivity index (χ2v) is 8.51. The van der Waals surface area contributed by atoms with Gasteiger partial charge in [-0.2, -0.15) is 0 Å². The number of carboxylic acids is 1. The Hall–Kier alpha value is -3.48. The van der Waals surface area contributed by atoms with E-state index in [0.29, 0.717) is 34.2 Å². The monoisotopic (exact) mass is 436 g/mol. The van der Waals surface area contributed by atoms with Crippen molar-refractivity contribution in [2.45, 2.75) is 46.2 Å². The molecule has 0 saturated heterocycles. The molecule has 1 aliphatic carbocycles. The van der Waals surface area contributed by atoms with E-state index >= 15 is 0 Å². The van der Waals surface area contributed by atoms with Crippen LogP contribution in [0, 0.1) is 11.8 Å². The highest BCUT2D eigenvalue weighted by atomic mass is 16.4. The Morgan fingerprint density at radius 2 is 1.50 bits per heavy atom. The first-order valence-electron chi connectivity index (χ1n) is 10.8. The van der Waals surface area contributed by atoms with Crippen LogP contribution >= 0.6 is 0 Å². The zero-order chi connectivity index (χ0) is 23.6. The SMILES string of the molecule is CC[C@H](C)[C@H](NC(=O)[C@@H](NC(=O)c1cccc2c1-c1ccccc1C2=O)C(C)C)C(=O)O. The summed E-state index contributed by atoms with van der Waals surface area (Å²) in [6.45, 7) is 7.16. The van der Waals surface area contributed by atoms with Crippen molar-refractivity contribution in [1.82, 2.24) is 10.6 Å². The zero-order valence-electron chi connectivity index (χ0n) is 18.6. The fraction of sp³-hybridized carbons (Fsp3) is 0.360. The number of ketones is 1. The Balaban J connectivity index is 1.89. The van der Waals surface area contributed by atoms with Gasteiger partial charge in [-0.25, -0.2) is 4.79 Å². The average Bonchev–Trinajstić information content (AvgIpc) is 3.07. The molecule has 2 amide bonds. The molecule has 32 heavy (non-hydrogen) atoms. The minimum Gasteiger partial charge on any atom is -0.480 e. The summed E-state index contributed by atoms with van der Waals surface area (Å²) < 4.78 is 0. The molecule has 3 N–H and O–H groups in total. The predicted molar refractivity (Wildman–Crippen MR) is 120 cm³/mol. The highest BCUT2D eigenvalue weighted by Crippen LogP contribution is 2.38. The molecule has 2 aromatic carbocycles. The van der Waals surface area contributed by atoms with Crippen LogP contribution in [-0.4, -0.2) is 40.8 Å². The number of hydrogen-bond donors (Lipinski definition) is 3. The van der Waals surface area contributed by atoms with Crippen LogP contribution in [0.3, 0.4) is 0 Å². The number of nitrogens with one attached hydrogen (secondary N) is 2. The normalized spacial score (nSPS) is 14.8. The molecule has 0 fully saturated rings. The second kappa shape index (κ2) is 9.34. The van der Waals surface area contributed by atoms with E-state index in [1.54, 1.807) is 63.2 Å². The number of fused-ring (bicyclic) bond motifs is 3. The van der Waals surface area contributed by atoms with E-state index < -0.39 is 29.9 Å². The van der Waals surface area contributed by atoms with Crippen molar-refractivity contribution >= 4 is 23.6 Å². The van der Waals surface area contributed by atoms with E-state index in [2.05, 4.69) is 10.6 Å². The largest absolute Gasteiger partial charge is 0.480 e. The summed E-state index contributed by atoms with van der Waals surface area (Å²) in [6, 6.07) is 10.1. The van der Waals surface area contributed by atoms with Crippen LogP contribution in [0.2, 0.25) is 0 Å². The lowest BCUT2D eigenvalue weighted by atomic mass is 9.96. The minimum atomic E-state index is -1.11. The zero-order valence-corrected chi connectivity index (χ0v) is 18.6. The Kier molecular flexibility index (Phi) is 6.77. The molecule has 168 valence electrons. The molecular formula is C25H28N2O5. The van der Waals surface area contributed by atoms with Crippen molar-refractivity contribution in [2.75, 3.05) is 0 Å². The summed E-state index contributed by atoms with van der Waals surface area (Å²) in [6.07, 6.45) is 0.583. The van der Waals surface area contributed by atoms with Gasteiger partial charge in [0, 0.05) is 22.3 Å². The lowest BCUT2D eigenvalue weighted by Gasteiger charge is -2.26. The lowest BCUT2D eigenvalue weighted by molar-refractivity contribution is -0.143. The van der Waals surface area contributed by atoms with E-state index in [9.17, 15) is 24.3 Å². The number of carboxylic acid groups (broad SMARTS) is 1. The number of amides is 2. The van der Waals surface area contributed by atoms with Gasteiger partial charge in [-0.3, -0.25) is 14.4 Å². The van der Waals surface area contributed by atoms with Gasteiger partial charge in [0.15, 0.2) is 5.78 Å². The molecule has 0 bridgehead atoms. The van der Waals surface area contributed by atoms with Crippen LogP contribution < -0.4 is 10.6 Å². The van der Waals surface area contributed by atoms with Crippen molar-refractivity contribution in [1.29, 1.82) is 0 Å². The van der Waals surface area contributed by atoms with Crippen LogP contribution in [0.4, 0.5) is 0 Å². The topological polar surface area (TPSA) is 113 Å². The Bertz CT molecular complexity index is 1080. The molecule has 7 nitrogen and oxygen atoms in total. The first-order valence-corrected chi connectivity index (χ1v) is 10.8. The van der Waals surface area contributed by atoms with Gasteiger partial charge in [-0.1, -0.05) is 70.5 Å². The van der Waals surface area contributed by atoms with Gasteiger partial charge >= 0.3 is 5.97 Å². The Morgan fingerprint density at radius 3 is 2.09 bits per heavy atom. The molecule has 0 spiro atoms. The van der Waals surface area contributed by atoms with E-state index in [0.717, 1.165) is 0 Å². The molecule has 1 aliphatic rings. The van der Waals surface area contributed by atoms with Crippen LogP contribution in [-0.2, 0) is 9.59 Å². The number of aliphatic carboxylic acids is 1. The Labute approximate surface area is 187 Å². The van der Waals surface area contributed by atoms with Crippen molar-refractivity contribution in [3.05, 3.63) is 59.2 Å². The molecule has 0 aliphatic heterocycles. The molecule has 0 unspecified atom stereocenters. The smallest absolute Gasteiger partial charge is 0.326 e. The minimum absolute atomic E-state index is 0.138. The maximum atomic E-state index is 13.2. The van der Waals surface area contributed by atoms with Crippen LogP contribution in [0.1, 0.15) is 60.4 Å². The average molecular weight is 437 g/mol. The highest BCUT2D eigenvalue weighted by molar-refractivity contribution is 6.24. The fourth-order valence-electron chi connectivity index (χ4n) is 3.95. The molecule has 3 atom stereocenters. The third-order valence-corrected chi connectivity index (χ3v) is 6.01. The first kappa shape index (κ1) is 23.2. The number of carbonyl (C=O) groups excluding carboxylic acids is 3. The molecule has 2 aromatic rings. The Morgan fingerprint density at radius 1 is 0.875 bits per heavy atom. The number of benzene rings is 2. The fourth-order valence-corrected chi connectivity index (χ4v) is 3.95. The third-order valence-electron chi connectivity index (χ3n) is 6.01. The number of rotatable bonds is 8. The quantitative estimate of drug-likeness (QED) is 0.502. The summed E-state index contributed by atoms with van der Waals surface area (Å²) in [4.78, 5) is 50.5. The first-order chi connectivity index (χ1) is 15.2. The summed E-state index contributed by atoms with van der Waals surface area (Å²) in [7, 11) is 0. The molecule has 0 heterocycles. The van der Waals surface area contributed by atoms with E-state index in [1.807, 2.05) is 6.92 Å². The third kappa shape index (κ3) is 4.28. The van der Waals surface area contributed by atoms with Crippen LogP contribution in [0.25, 0.3) is 11.1 Å². The van der Waals surface area contributed by atoms with Crippen molar-refractivity contribution in [3.8, 4) is 11.1 Å². The van der Waals surface area contributed by atoms with Gasteiger partial charge in [-0.15, -0.1) is 0 Å². The molecule has 3 rings (SSSR count). The van der Waals surface area contributed by atoms with Crippen molar-refractivity contribution in [3.63, 3.8) is 0 Å². The predicted octanol–water partition coefficient (Wildman–Crippen LogP) is 3.27. The summed E-state index contributed by atoms with van der Waals surface area (Å²) in [5.74, 6) is -2.84. The van der Waals surface area contributed by atoms with E-state index in [1.165, 1.54) is 0 Å². The van der Waals surface area contributed by atoms with Crippen molar-refractivity contribution in [2.24, 2.45) is 11.8 Å². The van der Waals surface area contributed by atoms with E-state index in [-0.39, 0.29) is 17.6 Å². The van der Waals surface area contributed by atoms with Gasteiger partial charge < -0.3 is 15.7 Å². The highest BCUT2D eigenvalue weighted by Gasteiger charge is 2.34. The summed E-state index contributed by atoms with van der Waals surface area (Å²) in [5, 5.41) is 14.8. The van der Waals surface area contributed by atoms with Gasteiger partial charge in [0.2, 0.25) is 5.91 Å². The molecule has 7 heteroatoms. The summed E-state index contributed by atoms with van der Waals surface area (Å²) in [5.41, 5.74) is 2.53. The standard InChI is InChI=1S/C25H28N2O5/c1-5-14(4)21(25(31)32)27-24(30)20(13(2)3)26-23(29)18-12-8-11-17-19(18)15-9-6-7-10-16(15)22(17)28/h6-14,20-21H,5H2,1-4H3,(H,26,29)(H,27,30)(H,31,32)/t14-,20-,21-/m0/s1. The van der Waals surface area contributed by atoms with Gasteiger partial charge in [0.1, 0.15) is 12.1 Å². The van der Waals surface area contributed by atoms with Crippen LogP contribution in [0.5, 0.6) is 0 Å². The lowest BCUT2D eigenvalue weighted by Crippen LogP contribution is -2.55.